The zero-order chi connectivity index (χ0) is 13.0. The first-order valence-corrected chi connectivity index (χ1v) is 8.09. The molecular formula is C12H19N3O2S. The topological polar surface area (TPSA) is 71.1 Å². The number of rotatable bonds is 7. The summed E-state index contributed by atoms with van der Waals surface area (Å²) in [6.45, 7) is 1.68. The Hall–Kier alpha value is -1.14. The first-order chi connectivity index (χ1) is 8.57. The van der Waals surface area contributed by atoms with Crippen molar-refractivity contribution in [3.8, 4) is 0 Å². The van der Waals surface area contributed by atoms with Gasteiger partial charge in [-0.1, -0.05) is 0 Å². The summed E-state index contributed by atoms with van der Waals surface area (Å²) in [5, 5.41) is 6.49. The molecule has 18 heavy (non-hydrogen) atoms. The second kappa shape index (κ2) is 5.67. The van der Waals surface area contributed by atoms with Crippen molar-refractivity contribution in [1.82, 2.24) is 10.3 Å². The monoisotopic (exact) mass is 269 g/mol. The van der Waals surface area contributed by atoms with E-state index in [1.165, 1.54) is 19.1 Å². The molecule has 1 heterocycles. The summed E-state index contributed by atoms with van der Waals surface area (Å²) in [6, 6.07) is 3.93. The van der Waals surface area contributed by atoms with Crippen molar-refractivity contribution in [3.05, 3.63) is 18.3 Å². The molecule has 0 atom stereocenters. The van der Waals surface area contributed by atoms with E-state index >= 15 is 0 Å². The standard InChI is InChI=1S/C12H19N3O2S/c1-18(16,17)11-4-2-7-14-12(11)15-9-3-8-13-10-5-6-10/h2,4,7,10,13H,3,5-6,8-9H2,1H3,(H,14,15). The van der Waals surface area contributed by atoms with E-state index in [4.69, 9.17) is 0 Å². The molecule has 1 aliphatic carbocycles. The Morgan fingerprint density at radius 1 is 1.39 bits per heavy atom. The van der Waals surface area contributed by atoms with Crippen LogP contribution in [0.4, 0.5) is 5.82 Å². The minimum absolute atomic E-state index is 0.264. The van der Waals surface area contributed by atoms with Gasteiger partial charge in [-0.05, 0) is 37.9 Å². The normalized spacial score (nSPS) is 15.6. The van der Waals surface area contributed by atoms with Gasteiger partial charge >= 0.3 is 0 Å². The molecule has 1 saturated carbocycles. The molecule has 5 nitrogen and oxygen atoms in total. The second-order valence-electron chi connectivity index (χ2n) is 4.63. The lowest BCUT2D eigenvalue weighted by molar-refractivity contribution is 0.601. The molecule has 2 rings (SSSR count). The minimum atomic E-state index is -3.22. The highest BCUT2D eigenvalue weighted by atomic mass is 32.2. The van der Waals surface area contributed by atoms with E-state index in [1.54, 1.807) is 18.3 Å². The van der Waals surface area contributed by atoms with Crippen molar-refractivity contribution in [1.29, 1.82) is 0 Å². The van der Waals surface area contributed by atoms with Crippen LogP contribution in [0.3, 0.4) is 0 Å². The zero-order valence-corrected chi connectivity index (χ0v) is 11.3. The number of pyridine rings is 1. The first kappa shape index (κ1) is 13.3. The molecule has 1 fully saturated rings. The van der Waals surface area contributed by atoms with Crippen molar-refractivity contribution >= 4 is 15.7 Å². The van der Waals surface area contributed by atoms with E-state index in [1.807, 2.05) is 0 Å². The van der Waals surface area contributed by atoms with Gasteiger partial charge in [0.15, 0.2) is 9.84 Å². The lowest BCUT2D eigenvalue weighted by Gasteiger charge is -2.09. The quantitative estimate of drug-likeness (QED) is 0.724. The van der Waals surface area contributed by atoms with Crippen LogP contribution in [0.1, 0.15) is 19.3 Å². The van der Waals surface area contributed by atoms with E-state index in [0.29, 0.717) is 11.9 Å². The molecule has 0 amide bonds. The highest BCUT2D eigenvalue weighted by Gasteiger charge is 2.19. The molecule has 1 aromatic heterocycles. The molecule has 0 bridgehead atoms. The van der Waals surface area contributed by atoms with Gasteiger partial charge in [0.2, 0.25) is 0 Å². The van der Waals surface area contributed by atoms with Crippen molar-refractivity contribution in [3.63, 3.8) is 0 Å². The molecule has 1 aliphatic rings. The fraction of sp³-hybridized carbons (Fsp3) is 0.583. The van der Waals surface area contributed by atoms with E-state index < -0.39 is 9.84 Å². The fourth-order valence-electron chi connectivity index (χ4n) is 1.71. The van der Waals surface area contributed by atoms with Crippen LogP contribution in [0.15, 0.2) is 23.2 Å². The van der Waals surface area contributed by atoms with Gasteiger partial charge in [0, 0.05) is 25.0 Å². The number of hydrogen-bond donors (Lipinski definition) is 2. The molecule has 1 aromatic rings. The van der Waals surface area contributed by atoms with Gasteiger partial charge in [0.05, 0.1) is 0 Å². The number of aromatic nitrogens is 1. The van der Waals surface area contributed by atoms with Crippen LogP contribution in [0, 0.1) is 0 Å². The van der Waals surface area contributed by atoms with Gasteiger partial charge in [-0.3, -0.25) is 0 Å². The van der Waals surface area contributed by atoms with Crippen LogP contribution in [-0.4, -0.2) is 38.8 Å². The Morgan fingerprint density at radius 2 is 2.17 bits per heavy atom. The Morgan fingerprint density at radius 3 is 2.83 bits per heavy atom. The molecule has 0 unspecified atom stereocenters. The van der Waals surface area contributed by atoms with Crippen LogP contribution < -0.4 is 10.6 Å². The van der Waals surface area contributed by atoms with Gasteiger partial charge in [-0.2, -0.15) is 0 Å². The van der Waals surface area contributed by atoms with E-state index in [0.717, 1.165) is 19.5 Å². The lowest BCUT2D eigenvalue weighted by Crippen LogP contribution is -2.20. The molecule has 0 spiro atoms. The van der Waals surface area contributed by atoms with Crippen LogP contribution in [0.5, 0.6) is 0 Å². The number of sulfone groups is 1. The predicted octanol–water partition coefficient (Wildman–Crippen LogP) is 1.04. The number of anilines is 1. The Balaban J connectivity index is 1.84. The maximum Gasteiger partial charge on any atom is 0.179 e. The van der Waals surface area contributed by atoms with Crippen molar-refractivity contribution in [2.75, 3.05) is 24.7 Å². The Bertz CT molecular complexity index is 498. The summed E-state index contributed by atoms with van der Waals surface area (Å²) in [5.41, 5.74) is 0. The third-order valence-corrected chi connectivity index (χ3v) is 3.95. The van der Waals surface area contributed by atoms with Crippen LogP contribution in [0.25, 0.3) is 0 Å². The zero-order valence-electron chi connectivity index (χ0n) is 10.5. The molecule has 6 heteroatoms. The van der Waals surface area contributed by atoms with Gasteiger partial charge in [-0.15, -0.1) is 0 Å². The average Bonchev–Trinajstić information content (AvgIpc) is 3.12. The molecule has 0 aromatic carbocycles. The van der Waals surface area contributed by atoms with E-state index in [-0.39, 0.29) is 4.90 Å². The molecule has 0 aliphatic heterocycles. The van der Waals surface area contributed by atoms with Crippen LogP contribution >= 0.6 is 0 Å². The first-order valence-electron chi connectivity index (χ1n) is 6.20. The van der Waals surface area contributed by atoms with E-state index in [2.05, 4.69) is 15.6 Å². The SMILES string of the molecule is CS(=O)(=O)c1cccnc1NCCCNC1CC1. The van der Waals surface area contributed by atoms with Gasteiger partial charge in [-0.25, -0.2) is 13.4 Å². The second-order valence-corrected chi connectivity index (χ2v) is 6.62. The average molecular weight is 269 g/mol. The minimum Gasteiger partial charge on any atom is -0.369 e. The fourth-order valence-corrected chi connectivity index (χ4v) is 2.51. The van der Waals surface area contributed by atoms with Crippen molar-refractivity contribution in [2.45, 2.75) is 30.2 Å². The highest BCUT2D eigenvalue weighted by molar-refractivity contribution is 7.90. The van der Waals surface area contributed by atoms with E-state index in [9.17, 15) is 8.42 Å². The predicted molar refractivity (Wildman–Crippen MR) is 71.5 cm³/mol. The maximum absolute atomic E-state index is 11.5. The number of nitrogens with zero attached hydrogens (tertiary/aromatic N) is 1. The summed E-state index contributed by atoms with van der Waals surface area (Å²) in [6.07, 6.45) is 6.32. The van der Waals surface area contributed by atoms with Gasteiger partial charge in [0.1, 0.15) is 10.7 Å². The Kier molecular flexibility index (Phi) is 4.19. The molecule has 0 saturated heterocycles. The Labute approximate surface area is 108 Å². The smallest absolute Gasteiger partial charge is 0.179 e. The summed E-state index contributed by atoms with van der Waals surface area (Å²) in [5.74, 6) is 0.450. The third-order valence-electron chi connectivity index (χ3n) is 2.83. The summed E-state index contributed by atoms with van der Waals surface area (Å²) in [4.78, 5) is 4.34. The molecule has 2 N–H and O–H groups in total. The molecular weight excluding hydrogens is 250 g/mol. The van der Waals surface area contributed by atoms with Gasteiger partial charge < -0.3 is 10.6 Å². The largest absolute Gasteiger partial charge is 0.369 e. The van der Waals surface area contributed by atoms with Crippen molar-refractivity contribution < 1.29 is 8.42 Å². The summed E-state index contributed by atoms with van der Waals surface area (Å²) < 4.78 is 23.1. The third kappa shape index (κ3) is 3.96. The van der Waals surface area contributed by atoms with Crippen molar-refractivity contribution in [2.24, 2.45) is 0 Å². The summed E-state index contributed by atoms with van der Waals surface area (Å²) >= 11 is 0. The lowest BCUT2D eigenvalue weighted by atomic mass is 10.4. The van der Waals surface area contributed by atoms with Crippen LogP contribution in [0.2, 0.25) is 0 Å². The number of hydrogen-bond acceptors (Lipinski definition) is 5. The highest BCUT2D eigenvalue weighted by Crippen LogP contribution is 2.19. The van der Waals surface area contributed by atoms with Crippen LogP contribution in [-0.2, 0) is 9.84 Å². The number of nitrogens with one attached hydrogen (secondary N) is 2. The molecule has 100 valence electrons. The summed E-state index contributed by atoms with van der Waals surface area (Å²) in [7, 11) is -3.22. The maximum atomic E-state index is 11.5. The molecule has 0 radical (unpaired) electrons. The van der Waals surface area contributed by atoms with Gasteiger partial charge in [0.25, 0.3) is 0 Å².